The van der Waals surface area contributed by atoms with E-state index < -0.39 is 0 Å². The molecule has 4 unspecified atom stereocenters. The molecule has 150 valence electrons. The number of anilines is 1. The van der Waals surface area contributed by atoms with E-state index in [1.807, 2.05) is 18.2 Å². The second-order valence-corrected chi connectivity index (χ2v) is 7.33. The molecule has 2 aromatic rings. The van der Waals surface area contributed by atoms with Crippen LogP contribution < -0.4 is 36.9 Å². The van der Waals surface area contributed by atoms with Crippen LogP contribution in [0.3, 0.4) is 0 Å². The van der Waals surface area contributed by atoms with E-state index in [2.05, 4.69) is 23.1 Å². The predicted molar refractivity (Wildman–Crippen MR) is 105 cm³/mol. The molecule has 0 bridgehead atoms. The number of hydrogen-bond donors (Lipinski definition) is 3. The van der Waals surface area contributed by atoms with Crippen LogP contribution in [0.1, 0.15) is 24.0 Å². The Balaban J connectivity index is 2.03. The standard InChI is InChI=1S/C19H25N5O4/c1-9-13-14(11-7-6-10(27-4)8-12(11)28-5)15-17(20-16(13)22-21-9)23(2)19(26)24(3)18(15)25/h6-9,13-14,16,20-22H,1-5H3. The van der Waals surface area contributed by atoms with E-state index in [1.54, 1.807) is 21.3 Å². The molecule has 28 heavy (non-hydrogen) atoms. The van der Waals surface area contributed by atoms with Crippen LogP contribution in [-0.2, 0) is 14.1 Å². The van der Waals surface area contributed by atoms with E-state index in [9.17, 15) is 9.59 Å². The molecule has 0 amide bonds. The summed E-state index contributed by atoms with van der Waals surface area (Å²) in [4.78, 5) is 25.7. The van der Waals surface area contributed by atoms with E-state index in [4.69, 9.17) is 9.47 Å². The molecule has 3 heterocycles. The van der Waals surface area contributed by atoms with Gasteiger partial charge in [-0.25, -0.2) is 10.2 Å². The van der Waals surface area contributed by atoms with Crippen molar-refractivity contribution >= 4 is 5.82 Å². The van der Waals surface area contributed by atoms with Gasteiger partial charge in [0.25, 0.3) is 5.56 Å². The fourth-order valence-electron chi connectivity index (χ4n) is 4.42. The first kappa shape index (κ1) is 18.6. The number of aromatic nitrogens is 2. The molecular formula is C19H25N5O4. The maximum Gasteiger partial charge on any atom is 0.332 e. The van der Waals surface area contributed by atoms with E-state index in [0.717, 1.165) is 10.1 Å². The van der Waals surface area contributed by atoms with Crippen molar-refractivity contribution in [2.75, 3.05) is 19.5 Å². The summed E-state index contributed by atoms with van der Waals surface area (Å²) in [5.41, 5.74) is 7.27. The third-order valence-electron chi connectivity index (χ3n) is 5.89. The zero-order valence-electron chi connectivity index (χ0n) is 16.6. The van der Waals surface area contributed by atoms with Crippen molar-refractivity contribution in [1.82, 2.24) is 20.0 Å². The van der Waals surface area contributed by atoms with Gasteiger partial charge in [0, 0.05) is 43.6 Å². The lowest BCUT2D eigenvalue weighted by Gasteiger charge is -2.38. The summed E-state index contributed by atoms with van der Waals surface area (Å²) < 4.78 is 13.6. The molecule has 0 aliphatic carbocycles. The van der Waals surface area contributed by atoms with Gasteiger partial charge in [0.1, 0.15) is 17.3 Å². The van der Waals surface area contributed by atoms with Crippen molar-refractivity contribution in [2.24, 2.45) is 20.0 Å². The Hall–Kier alpha value is -2.78. The van der Waals surface area contributed by atoms with Gasteiger partial charge in [-0.1, -0.05) is 6.07 Å². The molecule has 1 aromatic heterocycles. The monoisotopic (exact) mass is 387 g/mol. The molecule has 9 heteroatoms. The molecule has 0 spiro atoms. The van der Waals surface area contributed by atoms with E-state index >= 15 is 0 Å². The highest BCUT2D eigenvalue weighted by Crippen LogP contribution is 2.46. The number of ether oxygens (including phenoxy) is 2. The average molecular weight is 387 g/mol. The van der Waals surface area contributed by atoms with Gasteiger partial charge >= 0.3 is 5.69 Å². The summed E-state index contributed by atoms with van der Waals surface area (Å²) >= 11 is 0. The first-order valence-corrected chi connectivity index (χ1v) is 9.18. The zero-order chi connectivity index (χ0) is 20.2. The summed E-state index contributed by atoms with van der Waals surface area (Å²) in [6.45, 7) is 2.07. The maximum absolute atomic E-state index is 13.2. The Morgan fingerprint density at radius 1 is 1.04 bits per heavy atom. The molecule has 1 fully saturated rings. The quantitative estimate of drug-likeness (QED) is 0.687. The van der Waals surface area contributed by atoms with E-state index in [-0.39, 0.29) is 35.3 Å². The molecule has 4 atom stereocenters. The van der Waals surface area contributed by atoms with Crippen molar-refractivity contribution in [3.05, 3.63) is 50.2 Å². The number of rotatable bonds is 3. The van der Waals surface area contributed by atoms with Crippen molar-refractivity contribution in [3.8, 4) is 11.5 Å². The third-order valence-corrected chi connectivity index (χ3v) is 5.89. The lowest BCUT2D eigenvalue weighted by molar-refractivity contribution is 0.356. The lowest BCUT2D eigenvalue weighted by Crippen LogP contribution is -2.50. The van der Waals surface area contributed by atoms with Gasteiger partial charge in [-0.2, -0.15) is 0 Å². The minimum Gasteiger partial charge on any atom is -0.497 e. The number of benzene rings is 1. The summed E-state index contributed by atoms with van der Waals surface area (Å²) in [5, 5.41) is 3.34. The van der Waals surface area contributed by atoms with E-state index in [1.165, 1.54) is 11.6 Å². The largest absolute Gasteiger partial charge is 0.497 e. The van der Waals surface area contributed by atoms with Crippen molar-refractivity contribution < 1.29 is 9.47 Å². The Morgan fingerprint density at radius 2 is 1.79 bits per heavy atom. The highest BCUT2D eigenvalue weighted by atomic mass is 16.5. The van der Waals surface area contributed by atoms with Gasteiger partial charge in [0.2, 0.25) is 0 Å². The van der Waals surface area contributed by atoms with Crippen LogP contribution >= 0.6 is 0 Å². The van der Waals surface area contributed by atoms with Crippen molar-refractivity contribution in [3.63, 3.8) is 0 Å². The van der Waals surface area contributed by atoms with Gasteiger partial charge in [0.05, 0.1) is 25.9 Å². The van der Waals surface area contributed by atoms with Gasteiger partial charge in [-0.3, -0.25) is 19.4 Å². The summed E-state index contributed by atoms with van der Waals surface area (Å²) in [6, 6.07) is 5.70. The zero-order valence-corrected chi connectivity index (χ0v) is 16.6. The molecule has 0 saturated carbocycles. The number of methoxy groups -OCH3 is 2. The third kappa shape index (κ3) is 2.54. The molecule has 0 radical (unpaired) electrons. The Labute approximate surface area is 162 Å². The SMILES string of the molecule is COc1ccc(C2c3c(n(C)c(=O)n(C)c3=O)NC3NNC(C)C32)c(OC)c1. The van der Waals surface area contributed by atoms with Gasteiger partial charge < -0.3 is 14.8 Å². The van der Waals surface area contributed by atoms with Gasteiger partial charge in [-0.15, -0.1) is 0 Å². The molecule has 4 rings (SSSR count). The molecule has 1 saturated heterocycles. The highest BCUT2D eigenvalue weighted by molar-refractivity contribution is 5.57. The average Bonchev–Trinajstić information content (AvgIpc) is 3.09. The summed E-state index contributed by atoms with van der Waals surface area (Å²) in [5.74, 6) is 1.60. The minimum atomic E-state index is -0.367. The maximum atomic E-state index is 13.2. The summed E-state index contributed by atoms with van der Waals surface area (Å²) in [6.07, 6.45) is -0.142. The number of nitrogens with zero attached hydrogens (tertiary/aromatic N) is 2. The highest BCUT2D eigenvalue weighted by Gasteiger charge is 2.47. The van der Waals surface area contributed by atoms with Crippen molar-refractivity contribution in [2.45, 2.75) is 25.0 Å². The Morgan fingerprint density at radius 3 is 2.46 bits per heavy atom. The normalized spacial score (nSPS) is 25.6. The van der Waals surface area contributed by atoms with Crippen LogP contribution in [0.15, 0.2) is 27.8 Å². The second kappa shape index (κ2) is 6.68. The fourth-order valence-corrected chi connectivity index (χ4v) is 4.42. The smallest absolute Gasteiger partial charge is 0.332 e. The molecule has 3 N–H and O–H groups in total. The van der Waals surface area contributed by atoms with Gasteiger partial charge in [0.15, 0.2) is 0 Å². The van der Waals surface area contributed by atoms with Crippen LogP contribution in [0, 0.1) is 5.92 Å². The van der Waals surface area contributed by atoms with E-state index in [0.29, 0.717) is 22.9 Å². The molecule has 2 aliphatic heterocycles. The molecule has 1 aromatic carbocycles. The first-order chi connectivity index (χ1) is 13.4. The number of hydrogen-bond acceptors (Lipinski definition) is 7. The summed E-state index contributed by atoms with van der Waals surface area (Å²) in [7, 11) is 6.38. The topological polar surface area (TPSA) is 98.5 Å². The molecule has 2 aliphatic rings. The molecule has 9 nitrogen and oxygen atoms in total. The van der Waals surface area contributed by atoms with Crippen LogP contribution in [0.25, 0.3) is 0 Å². The number of nitrogens with one attached hydrogen (secondary N) is 3. The number of fused-ring (bicyclic) bond motifs is 2. The van der Waals surface area contributed by atoms with Crippen LogP contribution in [0.5, 0.6) is 11.5 Å². The Bertz CT molecular complexity index is 1040. The fraction of sp³-hybridized carbons (Fsp3) is 0.474. The first-order valence-electron chi connectivity index (χ1n) is 9.18. The molecular weight excluding hydrogens is 362 g/mol. The second-order valence-electron chi connectivity index (χ2n) is 7.33. The predicted octanol–water partition coefficient (Wildman–Crippen LogP) is 0.0972. The van der Waals surface area contributed by atoms with Gasteiger partial charge in [-0.05, 0) is 13.0 Å². The van der Waals surface area contributed by atoms with Crippen molar-refractivity contribution in [1.29, 1.82) is 0 Å². The number of hydrazine groups is 1. The minimum absolute atomic E-state index is 0.0278. The Kier molecular flexibility index (Phi) is 4.43. The van der Waals surface area contributed by atoms with Crippen LogP contribution in [0.4, 0.5) is 5.82 Å². The lowest BCUT2D eigenvalue weighted by atomic mass is 9.74. The van der Waals surface area contributed by atoms with Crippen LogP contribution in [0.2, 0.25) is 0 Å². The van der Waals surface area contributed by atoms with Crippen LogP contribution in [-0.4, -0.2) is 35.6 Å².